The number of thioether (sulfide) groups is 1. The van der Waals surface area contributed by atoms with Crippen molar-refractivity contribution in [2.75, 3.05) is 12.3 Å². The third-order valence-corrected chi connectivity index (χ3v) is 4.63. The lowest BCUT2D eigenvalue weighted by atomic mass is 10.1. The Morgan fingerprint density at radius 2 is 1.94 bits per heavy atom. The topological polar surface area (TPSA) is 12.0 Å². The molecule has 2 rings (SSSR count). The lowest BCUT2D eigenvalue weighted by molar-refractivity contribution is 0.545. The van der Waals surface area contributed by atoms with E-state index in [9.17, 15) is 0 Å². The van der Waals surface area contributed by atoms with Crippen molar-refractivity contribution in [1.82, 2.24) is 5.32 Å². The molecule has 1 aliphatic carbocycles. The van der Waals surface area contributed by atoms with Crippen molar-refractivity contribution in [1.29, 1.82) is 0 Å². The van der Waals surface area contributed by atoms with Crippen molar-refractivity contribution < 1.29 is 0 Å². The molecule has 1 aromatic carbocycles. The zero-order chi connectivity index (χ0) is 12.1. The Hall–Kier alpha value is -0.470. The zero-order valence-corrected chi connectivity index (χ0v) is 11.8. The van der Waals surface area contributed by atoms with Crippen molar-refractivity contribution in [3.8, 4) is 0 Å². The summed E-state index contributed by atoms with van der Waals surface area (Å²) in [5.74, 6) is 1.18. The summed E-state index contributed by atoms with van der Waals surface area (Å²) in [7, 11) is 0. The van der Waals surface area contributed by atoms with Gasteiger partial charge in [0.1, 0.15) is 0 Å². The molecule has 0 bridgehead atoms. The lowest BCUT2D eigenvalue weighted by Gasteiger charge is -2.11. The van der Waals surface area contributed by atoms with Gasteiger partial charge in [0.2, 0.25) is 0 Å². The number of nitrogens with one attached hydrogen (secondary N) is 1. The SMILES string of the molecule is Cc1ccc(SCCNC2CCCC2)cc1C. The molecular weight excluding hydrogens is 226 g/mol. The van der Waals surface area contributed by atoms with Gasteiger partial charge < -0.3 is 5.32 Å². The molecule has 0 spiro atoms. The fourth-order valence-corrected chi connectivity index (χ4v) is 3.25. The van der Waals surface area contributed by atoms with Gasteiger partial charge in [0, 0.05) is 23.2 Å². The normalized spacial score (nSPS) is 16.6. The first-order valence-electron chi connectivity index (χ1n) is 6.69. The second kappa shape index (κ2) is 6.46. The van der Waals surface area contributed by atoms with Crippen LogP contribution in [0, 0.1) is 13.8 Å². The highest BCUT2D eigenvalue weighted by molar-refractivity contribution is 7.99. The van der Waals surface area contributed by atoms with E-state index in [1.54, 1.807) is 0 Å². The van der Waals surface area contributed by atoms with Crippen molar-refractivity contribution >= 4 is 11.8 Å². The summed E-state index contributed by atoms with van der Waals surface area (Å²) in [6.07, 6.45) is 5.60. The molecule has 2 heteroatoms. The van der Waals surface area contributed by atoms with Crippen molar-refractivity contribution in [3.05, 3.63) is 29.3 Å². The molecule has 0 aromatic heterocycles. The van der Waals surface area contributed by atoms with Crippen LogP contribution in [-0.2, 0) is 0 Å². The van der Waals surface area contributed by atoms with Crippen LogP contribution >= 0.6 is 11.8 Å². The Labute approximate surface area is 109 Å². The monoisotopic (exact) mass is 249 g/mol. The average molecular weight is 249 g/mol. The van der Waals surface area contributed by atoms with Gasteiger partial charge in [0.15, 0.2) is 0 Å². The molecule has 1 aromatic rings. The summed E-state index contributed by atoms with van der Waals surface area (Å²) >= 11 is 1.96. The van der Waals surface area contributed by atoms with Crippen LogP contribution in [0.1, 0.15) is 36.8 Å². The number of benzene rings is 1. The second-order valence-corrected chi connectivity index (χ2v) is 6.20. The minimum atomic E-state index is 0.801. The predicted molar refractivity (Wildman–Crippen MR) is 76.9 cm³/mol. The lowest BCUT2D eigenvalue weighted by Crippen LogP contribution is -2.27. The van der Waals surface area contributed by atoms with E-state index in [1.807, 2.05) is 11.8 Å². The fourth-order valence-electron chi connectivity index (χ4n) is 2.37. The maximum absolute atomic E-state index is 3.66. The molecule has 1 nitrogen and oxygen atoms in total. The number of hydrogen-bond acceptors (Lipinski definition) is 2. The van der Waals surface area contributed by atoms with Crippen LogP contribution in [0.2, 0.25) is 0 Å². The van der Waals surface area contributed by atoms with E-state index in [-0.39, 0.29) is 0 Å². The molecule has 1 saturated carbocycles. The van der Waals surface area contributed by atoms with Crippen LogP contribution < -0.4 is 5.32 Å². The Morgan fingerprint density at radius 3 is 2.65 bits per heavy atom. The molecular formula is C15H23NS. The minimum absolute atomic E-state index is 0.801. The zero-order valence-electron chi connectivity index (χ0n) is 11.0. The smallest absolute Gasteiger partial charge is 0.0106 e. The average Bonchev–Trinajstić information content (AvgIpc) is 2.82. The summed E-state index contributed by atoms with van der Waals surface area (Å²) in [5.41, 5.74) is 2.79. The van der Waals surface area contributed by atoms with Crippen LogP contribution in [-0.4, -0.2) is 18.3 Å². The standard InChI is InChI=1S/C15H23NS/c1-12-7-8-15(11-13(12)2)17-10-9-16-14-5-3-4-6-14/h7-8,11,14,16H,3-6,9-10H2,1-2H3. The molecule has 94 valence electrons. The van der Waals surface area contributed by atoms with E-state index in [0.717, 1.165) is 12.6 Å². The second-order valence-electron chi connectivity index (χ2n) is 5.03. The van der Waals surface area contributed by atoms with E-state index in [4.69, 9.17) is 0 Å². The van der Waals surface area contributed by atoms with Crippen molar-refractivity contribution in [2.45, 2.75) is 50.5 Å². The molecule has 1 N–H and O–H groups in total. The van der Waals surface area contributed by atoms with Crippen LogP contribution in [0.4, 0.5) is 0 Å². The summed E-state index contributed by atoms with van der Waals surface area (Å²) in [4.78, 5) is 1.40. The van der Waals surface area contributed by atoms with Gasteiger partial charge in [-0.1, -0.05) is 18.9 Å². The highest BCUT2D eigenvalue weighted by Gasteiger charge is 2.13. The molecule has 0 amide bonds. The molecule has 0 saturated heterocycles. The van der Waals surface area contributed by atoms with Gasteiger partial charge in [0.05, 0.1) is 0 Å². The Bertz CT molecular complexity index is 356. The molecule has 0 atom stereocenters. The van der Waals surface area contributed by atoms with Gasteiger partial charge >= 0.3 is 0 Å². The van der Waals surface area contributed by atoms with Gasteiger partial charge in [-0.3, -0.25) is 0 Å². The van der Waals surface area contributed by atoms with Crippen molar-refractivity contribution in [2.24, 2.45) is 0 Å². The maximum atomic E-state index is 3.66. The van der Waals surface area contributed by atoms with Gasteiger partial charge in [-0.2, -0.15) is 0 Å². The van der Waals surface area contributed by atoms with Crippen LogP contribution in [0.5, 0.6) is 0 Å². The Balaban J connectivity index is 1.68. The van der Waals surface area contributed by atoms with E-state index in [2.05, 4.69) is 37.4 Å². The van der Waals surface area contributed by atoms with E-state index < -0.39 is 0 Å². The third kappa shape index (κ3) is 4.04. The summed E-state index contributed by atoms with van der Waals surface area (Å²) in [6.45, 7) is 5.50. The predicted octanol–water partition coefficient (Wildman–Crippen LogP) is 3.93. The maximum Gasteiger partial charge on any atom is 0.0106 e. The largest absolute Gasteiger partial charge is 0.313 e. The third-order valence-electron chi connectivity index (χ3n) is 3.64. The van der Waals surface area contributed by atoms with E-state index in [1.165, 1.54) is 47.5 Å². The molecule has 0 radical (unpaired) electrons. The van der Waals surface area contributed by atoms with Gasteiger partial charge in [-0.05, 0) is 49.9 Å². The number of rotatable bonds is 5. The summed E-state index contributed by atoms with van der Waals surface area (Å²) < 4.78 is 0. The molecule has 0 aliphatic heterocycles. The van der Waals surface area contributed by atoms with Gasteiger partial charge in [0.25, 0.3) is 0 Å². The molecule has 1 aliphatic rings. The minimum Gasteiger partial charge on any atom is -0.313 e. The number of aryl methyl sites for hydroxylation is 2. The quantitative estimate of drug-likeness (QED) is 0.627. The molecule has 1 fully saturated rings. The van der Waals surface area contributed by atoms with Crippen LogP contribution in [0.25, 0.3) is 0 Å². The summed E-state index contributed by atoms with van der Waals surface area (Å²) in [6, 6.07) is 7.57. The first-order chi connectivity index (χ1) is 8.25. The molecule has 0 heterocycles. The highest BCUT2D eigenvalue weighted by atomic mass is 32.2. The molecule has 17 heavy (non-hydrogen) atoms. The number of hydrogen-bond donors (Lipinski definition) is 1. The molecule has 0 unspecified atom stereocenters. The summed E-state index contributed by atoms with van der Waals surface area (Å²) in [5, 5.41) is 3.66. The van der Waals surface area contributed by atoms with Gasteiger partial charge in [-0.25, -0.2) is 0 Å². The Kier molecular flexibility index (Phi) is 4.93. The van der Waals surface area contributed by atoms with Crippen molar-refractivity contribution in [3.63, 3.8) is 0 Å². The van der Waals surface area contributed by atoms with Gasteiger partial charge in [-0.15, -0.1) is 11.8 Å². The fraction of sp³-hybridized carbons (Fsp3) is 0.600. The van der Waals surface area contributed by atoms with E-state index >= 15 is 0 Å². The first-order valence-corrected chi connectivity index (χ1v) is 7.68. The van der Waals surface area contributed by atoms with E-state index in [0.29, 0.717) is 0 Å². The Morgan fingerprint density at radius 1 is 1.18 bits per heavy atom. The van der Waals surface area contributed by atoms with Crippen LogP contribution in [0.15, 0.2) is 23.1 Å². The first kappa shape index (κ1) is 13.0. The highest BCUT2D eigenvalue weighted by Crippen LogP contribution is 2.21. The van der Waals surface area contributed by atoms with Crippen LogP contribution in [0.3, 0.4) is 0 Å².